The van der Waals surface area contributed by atoms with Crippen LogP contribution in [0.15, 0.2) is 12.1 Å². The Balaban J connectivity index is 3.23. The molecule has 0 radical (unpaired) electrons. The van der Waals surface area contributed by atoms with Crippen LogP contribution in [0.3, 0.4) is 0 Å². The molecule has 2 amide bonds. The first-order valence-corrected chi connectivity index (χ1v) is 5.75. The van der Waals surface area contributed by atoms with Gasteiger partial charge < -0.3 is 5.32 Å². The van der Waals surface area contributed by atoms with E-state index in [2.05, 4.69) is 5.32 Å². The van der Waals surface area contributed by atoms with Crippen LogP contribution in [0.5, 0.6) is 0 Å². The summed E-state index contributed by atoms with van der Waals surface area (Å²) in [5.74, 6) is -1.50. The molecule has 106 valence electrons. The molecule has 0 aliphatic carbocycles. The second-order valence-corrected chi connectivity index (χ2v) is 5.17. The summed E-state index contributed by atoms with van der Waals surface area (Å²) in [6.45, 7) is 5.41. The van der Waals surface area contributed by atoms with Crippen molar-refractivity contribution < 1.29 is 18.4 Å². The Morgan fingerprint density at radius 3 is 2.37 bits per heavy atom. The Kier molecular flexibility index (Phi) is 4.47. The first-order chi connectivity index (χ1) is 8.66. The lowest BCUT2D eigenvalue weighted by Crippen LogP contribution is -2.31. The molecule has 19 heavy (non-hydrogen) atoms. The Morgan fingerprint density at radius 2 is 1.89 bits per heavy atom. The van der Waals surface area contributed by atoms with E-state index in [1.807, 2.05) is 0 Å². The van der Waals surface area contributed by atoms with Gasteiger partial charge in [-0.15, -0.1) is 0 Å². The molecule has 1 aromatic carbocycles. The number of carbonyl (C=O) groups is 1. The number of carbonyl (C=O) groups excluding carboxylic acids is 1. The molecule has 0 unspecified atom stereocenters. The number of rotatable bonds is 2. The number of nitrogens with zero attached hydrogens (tertiary/aromatic N) is 1. The highest BCUT2D eigenvalue weighted by atomic mass is 19.1. The molecule has 1 aromatic rings. The Hall–Kier alpha value is -1.69. The van der Waals surface area contributed by atoms with Gasteiger partial charge in [-0.25, -0.2) is 18.6 Å². The van der Waals surface area contributed by atoms with Gasteiger partial charge in [0.15, 0.2) is 0 Å². The van der Waals surface area contributed by atoms with Gasteiger partial charge in [-0.3, -0.25) is 4.84 Å². The van der Waals surface area contributed by atoms with Gasteiger partial charge in [0, 0.05) is 13.1 Å². The number of hydrogen-bond acceptors (Lipinski definition) is 2. The highest BCUT2D eigenvalue weighted by Crippen LogP contribution is 2.32. The number of halogens is 2. The van der Waals surface area contributed by atoms with Crippen LogP contribution < -0.4 is 5.32 Å². The average molecular weight is 272 g/mol. The summed E-state index contributed by atoms with van der Waals surface area (Å²) in [4.78, 5) is 16.4. The maximum absolute atomic E-state index is 13.9. The summed E-state index contributed by atoms with van der Waals surface area (Å²) < 4.78 is 27.2. The van der Waals surface area contributed by atoms with Crippen molar-refractivity contribution in [3.05, 3.63) is 29.3 Å². The smallest absolute Gasteiger partial charge is 0.303 e. The summed E-state index contributed by atoms with van der Waals surface area (Å²) in [7, 11) is 2.69. The van der Waals surface area contributed by atoms with Crippen LogP contribution in [0.1, 0.15) is 26.3 Å². The largest absolute Gasteiger partial charge is 0.345 e. The minimum absolute atomic E-state index is 0.0391. The summed E-state index contributed by atoms with van der Waals surface area (Å²) in [6.07, 6.45) is 0. The second kappa shape index (κ2) is 5.52. The molecule has 0 fully saturated rings. The molecule has 1 N–H and O–H groups in total. The predicted molar refractivity (Wildman–Crippen MR) is 68.8 cm³/mol. The number of amides is 2. The zero-order chi connectivity index (χ0) is 14.8. The summed E-state index contributed by atoms with van der Waals surface area (Å²) in [5, 5.41) is 3.30. The van der Waals surface area contributed by atoms with Gasteiger partial charge in [0.05, 0.1) is 12.8 Å². The Morgan fingerprint density at radius 1 is 1.32 bits per heavy atom. The molecular formula is C13H18F2N2O2. The number of anilines is 1. The summed E-state index contributed by atoms with van der Waals surface area (Å²) in [6, 6.07) is 1.31. The standard InChI is InChI=1S/C13H18F2N2O2/c1-13(2,3)9-6-8(14)7-10(15)11(9)16-12(18)17(4)19-5/h6-7H,1-5H3,(H,16,18). The average Bonchev–Trinajstić information content (AvgIpc) is 2.29. The number of nitrogens with one attached hydrogen (secondary N) is 1. The zero-order valence-corrected chi connectivity index (χ0v) is 11.7. The Labute approximate surface area is 111 Å². The fraction of sp³-hybridized carbons (Fsp3) is 0.462. The van der Waals surface area contributed by atoms with Crippen molar-refractivity contribution in [2.24, 2.45) is 0 Å². The van der Waals surface area contributed by atoms with Crippen LogP contribution in [0, 0.1) is 11.6 Å². The van der Waals surface area contributed by atoms with Crippen molar-refractivity contribution in [3.8, 4) is 0 Å². The van der Waals surface area contributed by atoms with E-state index >= 15 is 0 Å². The minimum atomic E-state index is -0.817. The highest BCUT2D eigenvalue weighted by molar-refractivity contribution is 5.89. The van der Waals surface area contributed by atoms with E-state index in [9.17, 15) is 13.6 Å². The molecule has 0 heterocycles. The molecule has 0 spiro atoms. The topological polar surface area (TPSA) is 41.6 Å². The molecule has 0 saturated carbocycles. The van der Waals surface area contributed by atoms with Gasteiger partial charge in [-0.1, -0.05) is 20.8 Å². The molecule has 0 saturated heterocycles. The van der Waals surface area contributed by atoms with Crippen molar-refractivity contribution in [2.75, 3.05) is 19.5 Å². The third kappa shape index (κ3) is 3.64. The molecule has 0 aliphatic rings. The first kappa shape index (κ1) is 15.4. The second-order valence-electron chi connectivity index (χ2n) is 5.17. The van der Waals surface area contributed by atoms with Crippen LogP contribution >= 0.6 is 0 Å². The van der Waals surface area contributed by atoms with Crippen LogP contribution in [0.2, 0.25) is 0 Å². The third-order valence-electron chi connectivity index (χ3n) is 2.65. The van der Waals surface area contributed by atoms with Crippen molar-refractivity contribution in [1.29, 1.82) is 0 Å². The number of hydroxylamine groups is 2. The van der Waals surface area contributed by atoms with Crippen molar-refractivity contribution in [1.82, 2.24) is 5.06 Å². The van der Waals surface area contributed by atoms with Crippen molar-refractivity contribution >= 4 is 11.7 Å². The fourth-order valence-electron chi connectivity index (χ4n) is 1.56. The maximum atomic E-state index is 13.9. The minimum Gasteiger partial charge on any atom is -0.303 e. The molecule has 0 aliphatic heterocycles. The van der Waals surface area contributed by atoms with E-state index in [-0.39, 0.29) is 5.69 Å². The highest BCUT2D eigenvalue weighted by Gasteiger charge is 2.24. The van der Waals surface area contributed by atoms with Crippen LogP contribution in [-0.4, -0.2) is 25.3 Å². The lowest BCUT2D eigenvalue weighted by Gasteiger charge is -2.24. The molecular weight excluding hydrogens is 254 g/mol. The van der Waals surface area contributed by atoms with E-state index in [4.69, 9.17) is 4.84 Å². The number of urea groups is 1. The molecule has 0 aromatic heterocycles. The van der Waals surface area contributed by atoms with E-state index in [1.165, 1.54) is 20.2 Å². The van der Waals surface area contributed by atoms with Crippen molar-refractivity contribution in [2.45, 2.75) is 26.2 Å². The number of benzene rings is 1. The molecule has 6 heteroatoms. The van der Waals surface area contributed by atoms with E-state index in [0.717, 1.165) is 11.1 Å². The molecule has 0 bridgehead atoms. The lowest BCUT2D eigenvalue weighted by molar-refractivity contribution is -0.0598. The van der Waals surface area contributed by atoms with Gasteiger partial charge >= 0.3 is 6.03 Å². The third-order valence-corrected chi connectivity index (χ3v) is 2.65. The van der Waals surface area contributed by atoms with Gasteiger partial charge in [0.1, 0.15) is 11.6 Å². The van der Waals surface area contributed by atoms with Crippen LogP contribution in [0.25, 0.3) is 0 Å². The Bertz CT molecular complexity index is 484. The zero-order valence-electron chi connectivity index (χ0n) is 11.7. The summed E-state index contributed by atoms with van der Waals surface area (Å²) >= 11 is 0. The first-order valence-electron chi connectivity index (χ1n) is 5.75. The van der Waals surface area contributed by atoms with E-state index in [1.54, 1.807) is 20.8 Å². The maximum Gasteiger partial charge on any atom is 0.345 e. The van der Waals surface area contributed by atoms with Gasteiger partial charge in [-0.2, -0.15) is 0 Å². The fourth-order valence-corrected chi connectivity index (χ4v) is 1.56. The van der Waals surface area contributed by atoms with Crippen LogP contribution in [-0.2, 0) is 10.3 Å². The lowest BCUT2D eigenvalue weighted by atomic mass is 9.85. The quantitative estimate of drug-likeness (QED) is 0.839. The van der Waals surface area contributed by atoms with Gasteiger partial charge in [0.2, 0.25) is 0 Å². The van der Waals surface area contributed by atoms with Crippen LogP contribution in [0.4, 0.5) is 19.3 Å². The molecule has 0 atom stereocenters. The molecule has 4 nitrogen and oxygen atoms in total. The van der Waals surface area contributed by atoms with E-state index < -0.39 is 23.1 Å². The monoisotopic (exact) mass is 272 g/mol. The number of hydrogen-bond donors (Lipinski definition) is 1. The SMILES string of the molecule is CON(C)C(=O)Nc1c(F)cc(F)cc1C(C)(C)C. The van der Waals surface area contributed by atoms with Gasteiger partial charge in [-0.05, 0) is 17.0 Å². The molecule has 1 rings (SSSR count). The van der Waals surface area contributed by atoms with Gasteiger partial charge in [0.25, 0.3) is 0 Å². The van der Waals surface area contributed by atoms with E-state index in [0.29, 0.717) is 5.56 Å². The normalized spacial score (nSPS) is 11.3. The predicted octanol–water partition coefficient (Wildman–Crippen LogP) is 3.29. The summed E-state index contributed by atoms with van der Waals surface area (Å²) in [5.41, 5.74) is -0.178. The van der Waals surface area contributed by atoms with Crippen molar-refractivity contribution in [3.63, 3.8) is 0 Å².